The first kappa shape index (κ1) is 13.6. The second kappa shape index (κ2) is 5.86. The van der Waals surface area contributed by atoms with Crippen LogP contribution in [0.5, 0.6) is 0 Å². The average molecular weight is 264 g/mol. The SMILES string of the molecule is CCCN(C)c1cc(N2CCC(C(=O)O)C2)ncn1. The molecule has 1 unspecified atom stereocenters. The van der Waals surface area contributed by atoms with Crippen molar-refractivity contribution >= 4 is 17.6 Å². The second-order valence-corrected chi connectivity index (χ2v) is 4.93. The van der Waals surface area contributed by atoms with E-state index in [-0.39, 0.29) is 5.92 Å². The Morgan fingerprint density at radius 2 is 2.37 bits per heavy atom. The number of aromatic nitrogens is 2. The van der Waals surface area contributed by atoms with Gasteiger partial charge in [0.1, 0.15) is 18.0 Å². The number of carbonyl (C=O) groups is 1. The van der Waals surface area contributed by atoms with Crippen molar-refractivity contribution in [3.8, 4) is 0 Å². The number of nitrogens with zero attached hydrogens (tertiary/aromatic N) is 4. The van der Waals surface area contributed by atoms with Gasteiger partial charge in [0, 0.05) is 32.7 Å². The van der Waals surface area contributed by atoms with E-state index in [1.807, 2.05) is 18.0 Å². The molecular formula is C13H20N4O2. The summed E-state index contributed by atoms with van der Waals surface area (Å²) in [7, 11) is 2.00. The maximum absolute atomic E-state index is 11.0. The molecule has 1 aliphatic rings. The summed E-state index contributed by atoms with van der Waals surface area (Å²) >= 11 is 0. The van der Waals surface area contributed by atoms with Crippen LogP contribution in [0, 0.1) is 5.92 Å². The van der Waals surface area contributed by atoms with E-state index < -0.39 is 5.97 Å². The molecule has 1 atom stereocenters. The van der Waals surface area contributed by atoms with Gasteiger partial charge in [-0.3, -0.25) is 4.79 Å². The maximum Gasteiger partial charge on any atom is 0.308 e. The van der Waals surface area contributed by atoms with Gasteiger partial charge < -0.3 is 14.9 Å². The fourth-order valence-electron chi connectivity index (χ4n) is 2.34. The van der Waals surface area contributed by atoms with Crippen LogP contribution in [0.25, 0.3) is 0 Å². The van der Waals surface area contributed by atoms with Crippen molar-refractivity contribution < 1.29 is 9.90 Å². The van der Waals surface area contributed by atoms with Gasteiger partial charge in [0.15, 0.2) is 0 Å². The second-order valence-electron chi connectivity index (χ2n) is 4.93. The molecule has 1 aromatic rings. The highest BCUT2D eigenvalue weighted by Gasteiger charge is 2.28. The number of rotatable bonds is 5. The summed E-state index contributed by atoms with van der Waals surface area (Å²) in [6.07, 6.45) is 3.28. The van der Waals surface area contributed by atoms with E-state index in [0.29, 0.717) is 13.0 Å². The molecule has 0 radical (unpaired) electrons. The third-order valence-corrected chi connectivity index (χ3v) is 3.45. The Hall–Kier alpha value is -1.85. The molecule has 0 aliphatic carbocycles. The lowest BCUT2D eigenvalue weighted by molar-refractivity contribution is -0.140. The number of anilines is 2. The van der Waals surface area contributed by atoms with Crippen LogP contribution in [0.4, 0.5) is 11.6 Å². The van der Waals surface area contributed by atoms with Crippen molar-refractivity contribution in [3.63, 3.8) is 0 Å². The Kier molecular flexibility index (Phi) is 4.19. The number of aliphatic carboxylic acids is 1. The molecule has 0 bridgehead atoms. The Morgan fingerprint density at radius 3 is 3.00 bits per heavy atom. The Morgan fingerprint density at radius 1 is 1.58 bits per heavy atom. The molecule has 0 amide bonds. The summed E-state index contributed by atoms with van der Waals surface area (Å²) in [5.74, 6) is 0.689. The fourth-order valence-corrected chi connectivity index (χ4v) is 2.34. The molecule has 1 aliphatic heterocycles. The lowest BCUT2D eigenvalue weighted by Gasteiger charge is -2.21. The van der Waals surface area contributed by atoms with Gasteiger partial charge in [-0.1, -0.05) is 6.92 Å². The fraction of sp³-hybridized carbons (Fsp3) is 0.615. The normalized spacial score (nSPS) is 18.6. The quantitative estimate of drug-likeness (QED) is 0.862. The standard InChI is InChI=1S/C13H20N4O2/c1-3-5-16(2)11-7-12(15-9-14-11)17-6-4-10(8-17)13(18)19/h7,9-10H,3-6,8H2,1-2H3,(H,18,19). The number of hydrogen-bond donors (Lipinski definition) is 1. The third-order valence-electron chi connectivity index (χ3n) is 3.45. The molecule has 1 N–H and O–H groups in total. The smallest absolute Gasteiger partial charge is 0.308 e. The molecule has 0 spiro atoms. The van der Waals surface area contributed by atoms with Crippen LogP contribution >= 0.6 is 0 Å². The molecule has 0 saturated carbocycles. The molecule has 0 aromatic carbocycles. The number of carboxylic acid groups (broad SMARTS) is 1. The Balaban J connectivity index is 2.09. The van der Waals surface area contributed by atoms with E-state index in [9.17, 15) is 4.79 Å². The van der Waals surface area contributed by atoms with Gasteiger partial charge in [0.05, 0.1) is 5.92 Å². The molecule has 6 heteroatoms. The highest BCUT2D eigenvalue weighted by molar-refractivity contribution is 5.72. The van der Waals surface area contributed by atoms with Gasteiger partial charge in [-0.15, -0.1) is 0 Å². The third kappa shape index (κ3) is 3.13. The van der Waals surface area contributed by atoms with Crippen molar-refractivity contribution in [3.05, 3.63) is 12.4 Å². The minimum Gasteiger partial charge on any atom is -0.481 e. The topological polar surface area (TPSA) is 69.6 Å². The first-order valence-corrected chi connectivity index (χ1v) is 6.62. The number of carboxylic acids is 1. The molecule has 1 aromatic heterocycles. The molecule has 6 nitrogen and oxygen atoms in total. The molecular weight excluding hydrogens is 244 g/mol. The summed E-state index contributed by atoms with van der Waals surface area (Å²) in [6, 6.07) is 1.93. The first-order valence-electron chi connectivity index (χ1n) is 6.62. The summed E-state index contributed by atoms with van der Waals surface area (Å²) in [6.45, 7) is 4.33. The van der Waals surface area contributed by atoms with Gasteiger partial charge in [-0.2, -0.15) is 0 Å². The lowest BCUT2D eigenvalue weighted by Crippen LogP contribution is -2.25. The van der Waals surface area contributed by atoms with Crippen molar-refractivity contribution in [1.82, 2.24) is 9.97 Å². The van der Waals surface area contributed by atoms with Crippen molar-refractivity contribution in [2.45, 2.75) is 19.8 Å². The zero-order valence-corrected chi connectivity index (χ0v) is 11.4. The Labute approximate surface area is 113 Å². The van der Waals surface area contributed by atoms with Gasteiger partial charge in [0.2, 0.25) is 0 Å². The molecule has 2 heterocycles. The van der Waals surface area contributed by atoms with Crippen LogP contribution in [0.1, 0.15) is 19.8 Å². The first-order chi connectivity index (χ1) is 9.11. The van der Waals surface area contributed by atoms with Crippen LogP contribution < -0.4 is 9.80 Å². The van der Waals surface area contributed by atoms with E-state index in [0.717, 1.165) is 31.1 Å². The van der Waals surface area contributed by atoms with Crippen LogP contribution in [-0.2, 0) is 4.79 Å². The van der Waals surface area contributed by atoms with E-state index in [4.69, 9.17) is 5.11 Å². The molecule has 19 heavy (non-hydrogen) atoms. The number of hydrogen-bond acceptors (Lipinski definition) is 5. The summed E-state index contributed by atoms with van der Waals surface area (Å²) in [5, 5.41) is 9.02. The van der Waals surface area contributed by atoms with Crippen molar-refractivity contribution in [2.75, 3.05) is 36.5 Å². The maximum atomic E-state index is 11.0. The lowest BCUT2D eigenvalue weighted by atomic mass is 10.1. The van der Waals surface area contributed by atoms with Gasteiger partial charge in [-0.05, 0) is 12.8 Å². The average Bonchev–Trinajstić information content (AvgIpc) is 2.89. The highest BCUT2D eigenvalue weighted by atomic mass is 16.4. The predicted octanol–water partition coefficient (Wildman–Crippen LogP) is 1.23. The van der Waals surface area contributed by atoms with E-state index in [2.05, 4.69) is 21.8 Å². The summed E-state index contributed by atoms with van der Waals surface area (Å²) < 4.78 is 0. The van der Waals surface area contributed by atoms with Gasteiger partial charge in [0.25, 0.3) is 0 Å². The molecule has 104 valence electrons. The minimum absolute atomic E-state index is 0.285. The van der Waals surface area contributed by atoms with Crippen molar-refractivity contribution in [2.24, 2.45) is 5.92 Å². The van der Waals surface area contributed by atoms with Crippen LogP contribution in [-0.4, -0.2) is 47.7 Å². The molecule has 1 saturated heterocycles. The van der Waals surface area contributed by atoms with Crippen LogP contribution in [0.3, 0.4) is 0 Å². The van der Waals surface area contributed by atoms with E-state index in [1.54, 1.807) is 6.33 Å². The summed E-state index contributed by atoms with van der Waals surface area (Å²) in [5.41, 5.74) is 0. The largest absolute Gasteiger partial charge is 0.481 e. The highest BCUT2D eigenvalue weighted by Crippen LogP contribution is 2.24. The van der Waals surface area contributed by atoms with E-state index >= 15 is 0 Å². The zero-order valence-electron chi connectivity index (χ0n) is 11.4. The van der Waals surface area contributed by atoms with Gasteiger partial charge >= 0.3 is 5.97 Å². The van der Waals surface area contributed by atoms with Crippen molar-refractivity contribution in [1.29, 1.82) is 0 Å². The van der Waals surface area contributed by atoms with Crippen LogP contribution in [0.15, 0.2) is 12.4 Å². The zero-order chi connectivity index (χ0) is 13.8. The Bertz CT molecular complexity index is 452. The molecule has 2 rings (SSSR count). The van der Waals surface area contributed by atoms with Crippen LogP contribution in [0.2, 0.25) is 0 Å². The van der Waals surface area contributed by atoms with Gasteiger partial charge in [-0.25, -0.2) is 9.97 Å². The molecule has 1 fully saturated rings. The summed E-state index contributed by atoms with van der Waals surface area (Å²) in [4.78, 5) is 23.6. The van der Waals surface area contributed by atoms with E-state index in [1.165, 1.54) is 0 Å². The minimum atomic E-state index is -0.722. The monoisotopic (exact) mass is 264 g/mol. The predicted molar refractivity (Wildman–Crippen MR) is 73.5 cm³/mol.